The van der Waals surface area contributed by atoms with Crippen LogP contribution in [0, 0.1) is 6.92 Å². The van der Waals surface area contributed by atoms with E-state index in [1.54, 1.807) is 0 Å². The van der Waals surface area contributed by atoms with Crippen LogP contribution < -0.4 is 31.8 Å². The van der Waals surface area contributed by atoms with Gasteiger partial charge in [-0.15, -0.1) is 0 Å². The fraction of sp³-hybridized carbons (Fsp3) is 0.0455. The van der Waals surface area contributed by atoms with E-state index in [9.17, 15) is 0 Å². The summed E-state index contributed by atoms with van der Waals surface area (Å²) in [6.45, 7) is 2.24. The van der Waals surface area contributed by atoms with Gasteiger partial charge in [-0.3, -0.25) is 0 Å². The fourth-order valence-electron chi connectivity index (χ4n) is 7.26. The van der Waals surface area contributed by atoms with Crippen LogP contribution in [0.1, 0.15) is 16.5 Å². The number of rotatable bonds is 9. The van der Waals surface area contributed by atoms with Crippen molar-refractivity contribution >= 4 is 46.4 Å². The Morgan fingerprint density at radius 3 is 0.804 bits per heavy atom. The molecule has 0 saturated carbocycles. The van der Waals surface area contributed by atoms with E-state index in [0.717, 1.165) is 0 Å². The highest BCUT2D eigenvalue weighted by Crippen LogP contribution is 2.84. The minimum absolute atomic E-state index is 0.0966. The molecule has 0 aromatic heterocycles. The second-order valence-electron chi connectivity index (χ2n) is 11.7. The first-order valence-electron chi connectivity index (χ1n) is 15.9. The molecule has 0 radical (unpaired) electrons. The summed E-state index contributed by atoms with van der Waals surface area (Å²) >= 11 is 0. The highest BCUT2D eigenvalue weighted by atomic mass is 31.2. The zero-order chi connectivity index (χ0) is 31.2. The van der Waals surface area contributed by atoms with Crippen LogP contribution >= 0.6 is 14.5 Å². The summed E-state index contributed by atoms with van der Waals surface area (Å²) in [6.07, 6.45) is 0. The number of aryl methyl sites for hydroxylation is 1. The van der Waals surface area contributed by atoms with Gasteiger partial charge in [0.2, 0.25) is 5.40 Å². The Morgan fingerprint density at radius 1 is 0.304 bits per heavy atom. The van der Waals surface area contributed by atoms with E-state index in [2.05, 4.69) is 213 Å². The molecule has 7 rings (SSSR count). The first-order valence-corrected chi connectivity index (χ1v) is 19.6. The van der Waals surface area contributed by atoms with Gasteiger partial charge in [0, 0.05) is 5.56 Å². The van der Waals surface area contributed by atoms with Crippen LogP contribution in [0.15, 0.2) is 206 Å². The minimum atomic E-state index is -2.47. The Bertz CT molecular complexity index is 1660. The Balaban J connectivity index is 1.78. The van der Waals surface area contributed by atoms with Gasteiger partial charge < -0.3 is 0 Å². The molecule has 0 aliphatic heterocycles. The van der Waals surface area contributed by atoms with Crippen molar-refractivity contribution in [1.82, 2.24) is 0 Å². The monoisotopic (exact) mass is 628 g/mol. The molecule has 46 heavy (non-hydrogen) atoms. The average Bonchev–Trinajstić information content (AvgIpc) is 3.14. The molecule has 0 spiro atoms. The molecule has 0 heterocycles. The third-order valence-corrected chi connectivity index (χ3v) is 19.9. The van der Waals surface area contributed by atoms with Crippen LogP contribution in [0.3, 0.4) is 0 Å². The molecule has 7 aromatic rings. The molecule has 0 N–H and O–H groups in total. The van der Waals surface area contributed by atoms with Crippen LogP contribution in [0.4, 0.5) is 0 Å². The molecular formula is C44H38P2+2. The lowest BCUT2D eigenvalue weighted by Crippen LogP contribution is -2.43. The van der Waals surface area contributed by atoms with E-state index >= 15 is 0 Å². The summed E-state index contributed by atoms with van der Waals surface area (Å²) < 4.78 is 0. The zero-order valence-electron chi connectivity index (χ0n) is 26.1. The summed E-state index contributed by atoms with van der Waals surface area (Å²) in [6, 6.07) is 77.9. The van der Waals surface area contributed by atoms with Gasteiger partial charge in [-0.25, -0.2) is 0 Å². The summed E-state index contributed by atoms with van der Waals surface area (Å²) in [5, 5.41) is 8.46. The largest absolute Gasteiger partial charge is 0.221 e. The van der Waals surface area contributed by atoms with Crippen LogP contribution in [-0.4, -0.2) is 0 Å². The van der Waals surface area contributed by atoms with Crippen LogP contribution in [0.2, 0.25) is 0 Å². The molecule has 0 amide bonds. The van der Waals surface area contributed by atoms with Crippen molar-refractivity contribution < 1.29 is 0 Å². The van der Waals surface area contributed by atoms with Crippen LogP contribution in [-0.2, 0) is 0 Å². The topological polar surface area (TPSA) is 0 Å². The Kier molecular flexibility index (Phi) is 8.76. The minimum Gasteiger partial charge on any atom is -0.0620 e. The normalized spacial score (nSPS) is 11.8. The van der Waals surface area contributed by atoms with E-state index in [1.807, 2.05) is 0 Å². The molecule has 2 heteroatoms. The van der Waals surface area contributed by atoms with Gasteiger partial charge in [-0.05, 0) is 85.8 Å². The average molecular weight is 629 g/mol. The van der Waals surface area contributed by atoms with Gasteiger partial charge in [0.05, 0.1) is 0 Å². The molecule has 0 bridgehead atoms. The molecule has 0 aliphatic carbocycles. The van der Waals surface area contributed by atoms with Gasteiger partial charge >= 0.3 is 0 Å². The molecular weight excluding hydrogens is 590 g/mol. The van der Waals surface area contributed by atoms with Crippen LogP contribution in [0.5, 0.6) is 0 Å². The van der Waals surface area contributed by atoms with Gasteiger partial charge in [0.1, 0.15) is 31.8 Å². The SMILES string of the molecule is Cc1cccc(C([P+](c2ccccc2)(c2ccccc2)c2ccccc2)[P+](c2ccccc2)(c2ccccc2)c2ccccc2)c1. The summed E-state index contributed by atoms with van der Waals surface area (Å²) in [7, 11) is -4.95. The van der Waals surface area contributed by atoms with Crippen molar-refractivity contribution in [2.75, 3.05) is 0 Å². The van der Waals surface area contributed by atoms with E-state index in [1.165, 1.54) is 43.0 Å². The predicted octanol–water partition coefficient (Wildman–Crippen LogP) is 8.98. The molecule has 0 fully saturated rings. The second kappa shape index (κ2) is 13.4. The Hall–Kier alpha value is -4.60. The second-order valence-corrected chi connectivity index (χ2v) is 19.2. The lowest BCUT2D eigenvalue weighted by atomic mass is 10.2. The van der Waals surface area contributed by atoms with E-state index in [0.29, 0.717) is 0 Å². The third kappa shape index (κ3) is 5.23. The molecule has 0 aliphatic rings. The molecule has 7 aromatic carbocycles. The first-order chi connectivity index (χ1) is 22.8. The summed E-state index contributed by atoms with van der Waals surface area (Å²) in [4.78, 5) is 0. The smallest absolute Gasteiger partial charge is 0.0620 e. The van der Waals surface area contributed by atoms with Gasteiger partial charge in [-0.2, -0.15) is 0 Å². The van der Waals surface area contributed by atoms with Gasteiger partial charge in [-0.1, -0.05) is 133 Å². The quantitative estimate of drug-likeness (QED) is 0.140. The lowest BCUT2D eigenvalue weighted by Gasteiger charge is -2.41. The zero-order valence-corrected chi connectivity index (χ0v) is 27.9. The van der Waals surface area contributed by atoms with Gasteiger partial charge in [0.25, 0.3) is 0 Å². The van der Waals surface area contributed by atoms with Gasteiger partial charge in [0.15, 0.2) is 14.5 Å². The number of hydrogen-bond acceptors (Lipinski definition) is 0. The highest BCUT2D eigenvalue weighted by Gasteiger charge is 2.69. The first kappa shape index (κ1) is 30.1. The molecule has 0 nitrogen and oxygen atoms in total. The molecule has 0 saturated heterocycles. The highest BCUT2D eigenvalue weighted by molar-refractivity contribution is 8.10. The van der Waals surface area contributed by atoms with Crippen LogP contribution in [0.25, 0.3) is 0 Å². The van der Waals surface area contributed by atoms with Crippen molar-refractivity contribution in [1.29, 1.82) is 0 Å². The number of hydrogen-bond donors (Lipinski definition) is 0. The summed E-state index contributed by atoms with van der Waals surface area (Å²) in [5.41, 5.74) is 2.66. The van der Waals surface area contributed by atoms with Crippen molar-refractivity contribution in [2.24, 2.45) is 0 Å². The standard InChI is InChI=1S/C44H38P2/c1-36-21-20-22-37(35-36)44(45(38-23-8-2-9-24-38,39-25-10-3-11-26-39)40-27-12-4-13-28-40)46(41-29-14-5-15-30-41,42-31-16-6-17-32-42)43-33-18-7-19-34-43/h2-35,44H,1H3/q+2. The Labute approximate surface area is 275 Å². The number of benzene rings is 7. The third-order valence-electron chi connectivity index (χ3n) is 9.05. The fourth-order valence-corrected chi connectivity index (χ4v) is 20.3. The van der Waals surface area contributed by atoms with Crippen molar-refractivity contribution in [3.05, 3.63) is 217 Å². The van der Waals surface area contributed by atoms with Crippen molar-refractivity contribution in [2.45, 2.75) is 12.3 Å². The lowest BCUT2D eigenvalue weighted by molar-refractivity contribution is 1.29. The predicted molar refractivity (Wildman–Crippen MR) is 204 cm³/mol. The van der Waals surface area contributed by atoms with E-state index in [-0.39, 0.29) is 5.40 Å². The Morgan fingerprint density at radius 2 is 0.565 bits per heavy atom. The van der Waals surface area contributed by atoms with Crippen molar-refractivity contribution in [3.63, 3.8) is 0 Å². The van der Waals surface area contributed by atoms with E-state index in [4.69, 9.17) is 0 Å². The summed E-state index contributed by atoms with van der Waals surface area (Å²) in [5.74, 6) is 0. The van der Waals surface area contributed by atoms with Crippen molar-refractivity contribution in [3.8, 4) is 0 Å². The molecule has 0 atom stereocenters. The molecule has 0 unspecified atom stereocenters. The van der Waals surface area contributed by atoms with E-state index < -0.39 is 14.5 Å². The maximum atomic E-state index is 2.47. The maximum Gasteiger partial charge on any atom is 0.221 e. The maximum absolute atomic E-state index is 2.47. The molecule has 222 valence electrons.